The Labute approximate surface area is 128 Å². The third-order valence-electron chi connectivity index (χ3n) is 3.85. The molecule has 4 nitrogen and oxygen atoms in total. The molecule has 106 valence electrons. The van der Waals surface area contributed by atoms with Crippen molar-refractivity contribution in [3.05, 3.63) is 15.1 Å². The van der Waals surface area contributed by atoms with E-state index in [0.717, 1.165) is 46.6 Å². The summed E-state index contributed by atoms with van der Waals surface area (Å²) in [5.41, 5.74) is 0.874. The predicted molar refractivity (Wildman–Crippen MR) is 85.4 cm³/mol. The molecule has 0 aromatic carbocycles. The van der Waals surface area contributed by atoms with Gasteiger partial charge in [0.15, 0.2) is 5.82 Å². The molecule has 0 bridgehead atoms. The Morgan fingerprint density at radius 3 is 2.53 bits per heavy atom. The van der Waals surface area contributed by atoms with Gasteiger partial charge in [-0.3, -0.25) is 0 Å². The van der Waals surface area contributed by atoms with Gasteiger partial charge >= 0.3 is 0 Å². The van der Waals surface area contributed by atoms with Gasteiger partial charge in [-0.05, 0) is 54.7 Å². The molecule has 19 heavy (non-hydrogen) atoms. The first-order chi connectivity index (χ1) is 9.16. The number of halogens is 1. The van der Waals surface area contributed by atoms with Gasteiger partial charge in [0.2, 0.25) is 0 Å². The number of anilines is 1. The fourth-order valence-corrected chi connectivity index (χ4v) is 3.51. The summed E-state index contributed by atoms with van der Waals surface area (Å²) >= 11 is 2.33. The fraction of sp³-hybridized carbons (Fsp3) is 0.714. The van der Waals surface area contributed by atoms with Gasteiger partial charge in [0, 0.05) is 14.2 Å². The van der Waals surface area contributed by atoms with Crippen molar-refractivity contribution in [1.82, 2.24) is 9.97 Å². The number of ether oxygens (including phenoxy) is 1. The number of aromatic nitrogens is 2. The molecule has 0 amide bonds. The lowest BCUT2D eigenvalue weighted by atomic mass is 10.0. The number of methoxy groups -OCH3 is 1. The first-order valence-electron chi connectivity index (χ1n) is 6.96. The highest BCUT2D eigenvalue weighted by Crippen LogP contribution is 2.40. The van der Waals surface area contributed by atoms with Crippen molar-refractivity contribution in [3.8, 4) is 0 Å². The van der Waals surface area contributed by atoms with Gasteiger partial charge in [0.25, 0.3) is 0 Å². The third-order valence-corrected chi connectivity index (χ3v) is 4.99. The minimum Gasteiger partial charge on any atom is -0.372 e. The van der Waals surface area contributed by atoms with Gasteiger partial charge in [-0.15, -0.1) is 0 Å². The van der Waals surface area contributed by atoms with E-state index in [1.54, 1.807) is 7.11 Å². The molecule has 0 atom stereocenters. The first-order valence-corrected chi connectivity index (χ1v) is 8.04. The molecule has 0 saturated heterocycles. The maximum Gasteiger partial charge on any atom is 0.162 e. The number of hydrogen-bond donors (Lipinski definition) is 1. The number of nitrogens with zero attached hydrogens (tertiary/aromatic N) is 2. The molecule has 1 aliphatic carbocycles. The summed E-state index contributed by atoms with van der Waals surface area (Å²) < 4.78 is 6.94. The quantitative estimate of drug-likeness (QED) is 0.801. The van der Waals surface area contributed by atoms with Crippen molar-refractivity contribution < 1.29 is 4.74 Å². The highest BCUT2D eigenvalue weighted by atomic mass is 127. The van der Waals surface area contributed by atoms with Gasteiger partial charge in [0.05, 0.1) is 9.26 Å². The van der Waals surface area contributed by atoms with Crippen LogP contribution in [0.25, 0.3) is 0 Å². The molecule has 0 aliphatic heterocycles. The van der Waals surface area contributed by atoms with E-state index >= 15 is 0 Å². The van der Waals surface area contributed by atoms with Gasteiger partial charge in [0.1, 0.15) is 11.4 Å². The SMILES string of the molecule is CCCc1nc(C2(OC)CCCC2)nc(NC)c1I. The predicted octanol–water partition coefficient (Wildman–Crippen LogP) is 3.49. The Hall–Kier alpha value is -0.430. The van der Waals surface area contributed by atoms with Crippen molar-refractivity contribution in [2.45, 2.75) is 51.0 Å². The van der Waals surface area contributed by atoms with E-state index in [-0.39, 0.29) is 5.60 Å². The zero-order chi connectivity index (χ0) is 13.9. The van der Waals surface area contributed by atoms with Crippen molar-refractivity contribution in [2.75, 3.05) is 19.5 Å². The Balaban J connectivity index is 2.47. The molecule has 1 aromatic heterocycles. The second kappa shape index (κ2) is 6.35. The Kier molecular flexibility index (Phi) is 5.00. The average Bonchev–Trinajstić information content (AvgIpc) is 2.91. The Morgan fingerprint density at radius 1 is 1.32 bits per heavy atom. The molecule has 1 fully saturated rings. The van der Waals surface area contributed by atoms with Gasteiger partial charge < -0.3 is 10.1 Å². The van der Waals surface area contributed by atoms with Crippen LogP contribution in [0, 0.1) is 3.57 Å². The molecule has 1 heterocycles. The van der Waals surface area contributed by atoms with Crippen LogP contribution in [0.2, 0.25) is 0 Å². The first kappa shape index (κ1) is 15.0. The van der Waals surface area contributed by atoms with Crippen LogP contribution in [-0.4, -0.2) is 24.1 Å². The van der Waals surface area contributed by atoms with Crippen molar-refractivity contribution >= 4 is 28.4 Å². The second-order valence-corrected chi connectivity index (χ2v) is 6.14. The summed E-state index contributed by atoms with van der Waals surface area (Å²) in [6, 6.07) is 0. The van der Waals surface area contributed by atoms with Crippen LogP contribution in [-0.2, 0) is 16.8 Å². The van der Waals surface area contributed by atoms with Crippen molar-refractivity contribution in [3.63, 3.8) is 0 Å². The summed E-state index contributed by atoms with van der Waals surface area (Å²) in [4.78, 5) is 9.52. The van der Waals surface area contributed by atoms with E-state index in [0.29, 0.717) is 0 Å². The lowest BCUT2D eigenvalue weighted by molar-refractivity contribution is -0.0163. The molecule has 0 spiro atoms. The normalized spacial score (nSPS) is 17.7. The van der Waals surface area contributed by atoms with Crippen LogP contribution < -0.4 is 5.32 Å². The maximum absolute atomic E-state index is 5.80. The molecule has 1 aromatic rings. The van der Waals surface area contributed by atoms with E-state index in [9.17, 15) is 0 Å². The summed E-state index contributed by atoms with van der Waals surface area (Å²) in [6.45, 7) is 2.18. The topological polar surface area (TPSA) is 47.0 Å². The molecular weight excluding hydrogens is 353 g/mol. The average molecular weight is 375 g/mol. The summed E-state index contributed by atoms with van der Waals surface area (Å²) in [6.07, 6.45) is 6.53. The monoisotopic (exact) mass is 375 g/mol. The van der Waals surface area contributed by atoms with Crippen molar-refractivity contribution in [2.24, 2.45) is 0 Å². The van der Waals surface area contributed by atoms with E-state index < -0.39 is 0 Å². The highest BCUT2D eigenvalue weighted by Gasteiger charge is 2.39. The number of hydrogen-bond acceptors (Lipinski definition) is 4. The van der Waals surface area contributed by atoms with Gasteiger partial charge in [-0.25, -0.2) is 9.97 Å². The molecule has 0 radical (unpaired) electrons. The Bertz CT molecular complexity index is 445. The third kappa shape index (κ3) is 2.86. The number of nitrogens with one attached hydrogen (secondary N) is 1. The second-order valence-electron chi connectivity index (χ2n) is 5.06. The standard InChI is InChI=1S/C14H22IN3O/c1-4-7-10-11(15)12(16-2)18-13(17-10)14(19-3)8-5-6-9-14/h4-9H2,1-3H3,(H,16,17,18). The minimum atomic E-state index is -0.265. The Morgan fingerprint density at radius 2 is 2.00 bits per heavy atom. The zero-order valence-electron chi connectivity index (χ0n) is 11.9. The largest absolute Gasteiger partial charge is 0.372 e. The lowest BCUT2D eigenvalue weighted by Crippen LogP contribution is -2.28. The molecule has 2 rings (SSSR count). The molecule has 5 heteroatoms. The lowest BCUT2D eigenvalue weighted by Gasteiger charge is -2.27. The van der Waals surface area contributed by atoms with Crippen LogP contribution in [0.3, 0.4) is 0 Å². The summed E-state index contributed by atoms with van der Waals surface area (Å²) in [7, 11) is 3.70. The van der Waals surface area contributed by atoms with E-state index in [4.69, 9.17) is 14.7 Å². The number of aryl methyl sites for hydroxylation is 1. The van der Waals surface area contributed by atoms with Crippen molar-refractivity contribution in [1.29, 1.82) is 0 Å². The maximum atomic E-state index is 5.80. The van der Waals surface area contributed by atoms with Crippen LogP contribution in [0.4, 0.5) is 5.82 Å². The smallest absolute Gasteiger partial charge is 0.162 e. The van der Waals surface area contributed by atoms with Crippen LogP contribution >= 0.6 is 22.6 Å². The molecule has 1 saturated carbocycles. The molecule has 1 N–H and O–H groups in total. The van der Waals surface area contributed by atoms with Gasteiger partial charge in [-0.2, -0.15) is 0 Å². The fourth-order valence-electron chi connectivity index (χ4n) is 2.73. The van der Waals surface area contributed by atoms with E-state index in [2.05, 4.69) is 34.8 Å². The summed E-state index contributed by atoms with van der Waals surface area (Å²) in [5.74, 6) is 1.79. The molecule has 0 unspecified atom stereocenters. The number of rotatable bonds is 5. The summed E-state index contributed by atoms with van der Waals surface area (Å²) in [5, 5.41) is 3.19. The minimum absolute atomic E-state index is 0.265. The van der Waals surface area contributed by atoms with E-state index in [1.807, 2.05) is 7.05 Å². The van der Waals surface area contributed by atoms with Crippen LogP contribution in [0.15, 0.2) is 0 Å². The van der Waals surface area contributed by atoms with Crippen LogP contribution in [0.5, 0.6) is 0 Å². The van der Waals surface area contributed by atoms with E-state index in [1.165, 1.54) is 12.8 Å². The van der Waals surface area contributed by atoms with Crippen LogP contribution in [0.1, 0.15) is 50.5 Å². The highest BCUT2D eigenvalue weighted by molar-refractivity contribution is 14.1. The zero-order valence-corrected chi connectivity index (χ0v) is 14.1. The molecular formula is C14H22IN3O. The van der Waals surface area contributed by atoms with Gasteiger partial charge in [-0.1, -0.05) is 13.3 Å². The molecule has 1 aliphatic rings.